The van der Waals surface area contributed by atoms with Gasteiger partial charge in [0.15, 0.2) is 4.99 Å². The van der Waals surface area contributed by atoms with Gasteiger partial charge in [0, 0.05) is 20.3 Å². The number of aromatic nitrogens is 2. The highest BCUT2D eigenvalue weighted by Crippen LogP contribution is 2.04. The highest BCUT2D eigenvalue weighted by Gasteiger charge is 2.10. The zero-order chi connectivity index (χ0) is 10.0. The fourth-order valence-corrected chi connectivity index (χ4v) is 1.08. The van der Waals surface area contributed by atoms with Crippen LogP contribution in [-0.2, 0) is 11.9 Å². The van der Waals surface area contributed by atoms with Crippen molar-refractivity contribution in [3.63, 3.8) is 0 Å². The maximum atomic E-state index is 5.14. The summed E-state index contributed by atoms with van der Waals surface area (Å²) in [4.78, 5) is 9.83. The van der Waals surface area contributed by atoms with Crippen LogP contribution < -0.4 is 0 Å². The minimum absolute atomic E-state index is 0.589. The maximum Gasteiger partial charge on any atom is 0.153 e. The van der Waals surface area contributed by atoms with E-state index in [2.05, 4.69) is 4.98 Å². The molecule has 0 bridgehead atoms. The largest absolute Gasteiger partial charge is 0.337 e. The summed E-state index contributed by atoms with van der Waals surface area (Å²) >= 11 is 5.14. The van der Waals surface area contributed by atoms with Gasteiger partial charge in [-0.3, -0.25) is 4.84 Å². The average Bonchev–Trinajstić information content (AvgIpc) is 2.44. The van der Waals surface area contributed by atoms with Gasteiger partial charge < -0.3 is 4.57 Å². The van der Waals surface area contributed by atoms with Gasteiger partial charge in [-0.15, -0.1) is 0 Å². The van der Waals surface area contributed by atoms with E-state index in [0.717, 1.165) is 11.5 Å². The molecule has 0 unspecified atom stereocenters. The van der Waals surface area contributed by atoms with Crippen molar-refractivity contribution in [2.45, 2.75) is 6.92 Å². The molecule has 0 aliphatic rings. The van der Waals surface area contributed by atoms with Crippen LogP contribution in [0.4, 0.5) is 0 Å². The van der Waals surface area contributed by atoms with Gasteiger partial charge in [0.25, 0.3) is 0 Å². The Labute approximate surface area is 83.1 Å². The van der Waals surface area contributed by atoms with Crippen LogP contribution in [0.2, 0.25) is 0 Å². The third kappa shape index (κ3) is 2.05. The van der Waals surface area contributed by atoms with Gasteiger partial charge in [-0.05, 0) is 6.92 Å². The van der Waals surface area contributed by atoms with Crippen molar-refractivity contribution in [3.05, 3.63) is 17.7 Å². The van der Waals surface area contributed by atoms with E-state index in [1.165, 1.54) is 5.06 Å². The number of rotatable bonds is 2. The molecule has 0 aliphatic heterocycles. The molecule has 0 N–H and O–H groups in total. The number of thiocarbonyl (C=S) groups is 1. The first-order valence-corrected chi connectivity index (χ1v) is 4.29. The van der Waals surface area contributed by atoms with Crippen molar-refractivity contribution in [1.29, 1.82) is 0 Å². The number of hydroxylamine groups is 2. The van der Waals surface area contributed by atoms with E-state index in [1.54, 1.807) is 14.2 Å². The van der Waals surface area contributed by atoms with E-state index in [1.807, 2.05) is 24.7 Å². The Morgan fingerprint density at radius 3 is 2.69 bits per heavy atom. The molecule has 5 heteroatoms. The Kier molecular flexibility index (Phi) is 3.00. The second-order valence-electron chi connectivity index (χ2n) is 2.77. The molecule has 0 atom stereocenters. The number of nitrogens with zero attached hydrogens (tertiary/aromatic N) is 3. The van der Waals surface area contributed by atoms with Crippen LogP contribution >= 0.6 is 12.2 Å². The summed E-state index contributed by atoms with van der Waals surface area (Å²) in [6.45, 7) is 1.93. The average molecular weight is 199 g/mol. The van der Waals surface area contributed by atoms with Gasteiger partial charge in [0.05, 0.1) is 7.11 Å². The quantitative estimate of drug-likeness (QED) is 0.523. The molecule has 0 spiro atoms. The summed E-state index contributed by atoms with van der Waals surface area (Å²) in [5.74, 6) is 0.932. The number of hydrogen-bond donors (Lipinski definition) is 0. The summed E-state index contributed by atoms with van der Waals surface area (Å²) in [5.41, 5.74) is 0.763. The maximum absolute atomic E-state index is 5.14. The molecule has 0 radical (unpaired) electrons. The molecular weight excluding hydrogens is 186 g/mol. The monoisotopic (exact) mass is 199 g/mol. The Bertz CT molecular complexity index is 302. The van der Waals surface area contributed by atoms with Gasteiger partial charge >= 0.3 is 0 Å². The van der Waals surface area contributed by atoms with Crippen LogP contribution in [0.5, 0.6) is 0 Å². The zero-order valence-corrected chi connectivity index (χ0v) is 9.05. The molecule has 13 heavy (non-hydrogen) atoms. The third-order valence-corrected chi connectivity index (χ3v) is 2.35. The van der Waals surface area contributed by atoms with E-state index < -0.39 is 0 Å². The highest BCUT2D eigenvalue weighted by atomic mass is 32.1. The number of imidazole rings is 1. The SMILES string of the molecule is CON(C)C(=S)c1cn(C)c(C)n1. The first-order valence-electron chi connectivity index (χ1n) is 3.88. The first kappa shape index (κ1) is 10.1. The standard InChI is InChI=1S/C8H13N3OS/c1-6-9-7(5-10(6)2)8(13)11(3)12-4/h5H,1-4H3. The summed E-state index contributed by atoms with van der Waals surface area (Å²) < 4.78 is 1.92. The van der Waals surface area contributed by atoms with E-state index >= 15 is 0 Å². The summed E-state index contributed by atoms with van der Waals surface area (Å²) in [5, 5.41) is 1.51. The molecule has 1 aromatic heterocycles. The predicted molar refractivity (Wildman–Crippen MR) is 54.4 cm³/mol. The lowest BCUT2D eigenvalue weighted by Gasteiger charge is -2.14. The fraction of sp³-hybridized carbons (Fsp3) is 0.500. The molecule has 1 aromatic rings. The lowest BCUT2D eigenvalue weighted by Crippen LogP contribution is -2.24. The minimum atomic E-state index is 0.589. The van der Waals surface area contributed by atoms with Crippen molar-refractivity contribution in [1.82, 2.24) is 14.6 Å². The Morgan fingerprint density at radius 1 is 1.69 bits per heavy atom. The first-order chi connectivity index (χ1) is 6.06. The third-order valence-electron chi connectivity index (χ3n) is 1.89. The van der Waals surface area contributed by atoms with Gasteiger partial charge in [0.2, 0.25) is 0 Å². The summed E-state index contributed by atoms with van der Waals surface area (Å²) in [6.07, 6.45) is 1.88. The number of hydrogen-bond acceptors (Lipinski definition) is 3. The van der Waals surface area contributed by atoms with Crippen LogP contribution in [-0.4, -0.2) is 33.8 Å². The van der Waals surface area contributed by atoms with E-state index in [0.29, 0.717) is 4.99 Å². The fourth-order valence-electron chi connectivity index (χ4n) is 0.906. The highest BCUT2D eigenvalue weighted by molar-refractivity contribution is 7.80. The van der Waals surface area contributed by atoms with Crippen LogP contribution in [0.25, 0.3) is 0 Å². The molecule has 0 amide bonds. The van der Waals surface area contributed by atoms with E-state index in [9.17, 15) is 0 Å². The van der Waals surface area contributed by atoms with Crippen molar-refractivity contribution < 1.29 is 4.84 Å². The Balaban J connectivity index is 2.89. The van der Waals surface area contributed by atoms with E-state index in [-0.39, 0.29) is 0 Å². The minimum Gasteiger partial charge on any atom is -0.337 e. The van der Waals surface area contributed by atoms with Crippen molar-refractivity contribution >= 4 is 17.2 Å². The smallest absolute Gasteiger partial charge is 0.153 e. The van der Waals surface area contributed by atoms with Gasteiger partial charge in [0.1, 0.15) is 11.5 Å². The lowest BCUT2D eigenvalue weighted by atomic mass is 10.5. The molecular formula is C8H13N3OS. The second kappa shape index (κ2) is 3.85. The Morgan fingerprint density at radius 2 is 2.31 bits per heavy atom. The Hall–Kier alpha value is -0.940. The molecule has 4 nitrogen and oxygen atoms in total. The summed E-state index contributed by atoms with van der Waals surface area (Å²) in [6, 6.07) is 0. The molecule has 0 saturated heterocycles. The van der Waals surface area contributed by atoms with Crippen LogP contribution in [0.15, 0.2) is 6.20 Å². The van der Waals surface area contributed by atoms with Crippen LogP contribution in [0.3, 0.4) is 0 Å². The van der Waals surface area contributed by atoms with Gasteiger partial charge in [-0.25, -0.2) is 10.0 Å². The molecule has 1 rings (SSSR count). The molecule has 0 saturated carbocycles. The second-order valence-corrected chi connectivity index (χ2v) is 3.16. The van der Waals surface area contributed by atoms with Crippen molar-refractivity contribution in [2.75, 3.05) is 14.2 Å². The molecule has 0 aromatic carbocycles. The predicted octanol–water partition coefficient (Wildman–Crippen LogP) is 0.897. The summed E-state index contributed by atoms with van der Waals surface area (Å²) in [7, 11) is 5.26. The molecule has 0 aliphatic carbocycles. The van der Waals surface area contributed by atoms with Crippen LogP contribution in [0.1, 0.15) is 11.5 Å². The molecule has 72 valence electrons. The zero-order valence-electron chi connectivity index (χ0n) is 8.24. The van der Waals surface area contributed by atoms with E-state index in [4.69, 9.17) is 17.1 Å². The normalized spacial score (nSPS) is 10.2. The van der Waals surface area contributed by atoms with Crippen LogP contribution in [0, 0.1) is 6.92 Å². The van der Waals surface area contributed by atoms with Gasteiger partial charge in [-0.1, -0.05) is 12.2 Å². The van der Waals surface area contributed by atoms with Crippen molar-refractivity contribution in [3.8, 4) is 0 Å². The van der Waals surface area contributed by atoms with Crippen molar-refractivity contribution in [2.24, 2.45) is 7.05 Å². The van der Waals surface area contributed by atoms with Gasteiger partial charge in [-0.2, -0.15) is 0 Å². The number of aryl methyl sites for hydroxylation is 2. The lowest BCUT2D eigenvalue weighted by molar-refractivity contribution is -0.0387. The topological polar surface area (TPSA) is 30.3 Å². The molecule has 0 fully saturated rings. The molecule has 1 heterocycles.